The first kappa shape index (κ1) is 13.2. The van der Waals surface area contributed by atoms with Gasteiger partial charge in [-0.1, -0.05) is 0 Å². The minimum Gasteiger partial charge on any atom is -0.345 e. The van der Waals surface area contributed by atoms with Crippen molar-refractivity contribution in [2.24, 2.45) is 7.05 Å². The zero-order valence-electron chi connectivity index (χ0n) is 10.8. The summed E-state index contributed by atoms with van der Waals surface area (Å²) in [5.74, 6) is -0.0720. The Bertz CT molecular complexity index is 523. The second kappa shape index (κ2) is 4.43. The van der Waals surface area contributed by atoms with Gasteiger partial charge >= 0.3 is 0 Å². The van der Waals surface area contributed by atoms with Crippen LogP contribution in [0.3, 0.4) is 0 Å². The summed E-state index contributed by atoms with van der Waals surface area (Å²) in [6.07, 6.45) is 3.82. The van der Waals surface area contributed by atoms with E-state index in [2.05, 4.69) is 22.0 Å². The van der Waals surface area contributed by atoms with Gasteiger partial charge < -0.3 is 9.47 Å². The van der Waals surface area contributed by atoms with Crippen molar-refractivity contribution < 1.29 is 4.79 Å². The maximum absolute atomic E-state index is 12.6. The number of carbonyl (C=O) groups is 1. The van der Waals surface area contributed by atoms with Gasteiger partial charge in [-0.05, 0) is 48.7 Å². The Hall–Kier alpha value is -1.28. The second-order valence-electron chi connectivity index (χ2n) is 5.23. The Labute approximate surface area is 115 Å². The van der Waals surface area contributed by atoms with Crippen LogP contribution in [0.2, 0.25) is 0 Å². The Kier molecular flexibility index (Phi) is 3.24. The number of nitrogens with zero attached hydrogens (tertiary/aromatic N) is 3. The third-order valence-corrected chi connectivity index (χ3v) is 3.63. The van der Waals surface area contributed by atoms with Gasteiger partial charge in [-0.15, -0.1) is 0 Å². The lowest BCUT2D eigenvalue weighted by molar-refractivity contribution is 0.0605. The summed E-state index contributed by atoms with van der Waals surface area (Å²) in [4.78, 5) is 14.3. The van der Waals surface area contributed by atoms with Crippen molar-refractivity contribution in [1.29, 1.82) is 5.26 Å². The largest absolute Gasteiger partial charge is 0.345 e. The molecule has 1 saturated carbocycles. The van der Waals surface area contributed by atoms with E-state index in [0.29, 0.717) is 5.69 Å². The van der Waals surface area contributed by atoms with E-state index in [-0.39, 0.29) is 11.9 Å². The van der Waals surface area contributed by atoms with Crippen LogP contribution in [0.15, 0.2) is 16.7 Å². The molecule has 1 heterocycles. The van der Waals surface area contributed by atoms with Crippen molar-refractivity contribution >= 4 is 21.8 Å². The summed E-state index contributed by atoms with van der Waals surface area (Å²) in [6.45, 7) is 3.59. The molecular weight excluding hydrogens is 294 g/mol. The van der Waals surface area contributed by atoms with Crippen LogP contribution in [0.5, 0.6) is 0 Å². The average molecular weight is 310 g/mol. The molecule has 0 aliphatic heterocycles. The highest BCUT2D eigenvalue weighted by atomic mass is 79.9. The molecule has 2 rings (SSSR count). The van der Waals surface area contributed by atoms with E-state index in [0.717, 1.165) is 17.3 Å². The van der Waals surface area contributed by atoms with Gasteiger partial charge in [0.05, 0.1) is 6.07 Å². The van der Waals surface area contributed by atoms with Crippen LogP contribution in [0, 0.1) is 11.3 Å². The second-order valence-corrected chi connectivity index (χ2v) is 6.15. The zero-order chi connectivity index (χ0) is 13.5. The van der Waals surface area contributed by atoms with Gasteiger partial charge in [0.15, 0.2) is 0 Å². The van der Waals surface area contributed by atoms with Gasteiger partial charge in [0.25, 0.3) is 5.91 Å². The van der Waals surface area contributed by atoms with Gasteiger partial charge in [0.2, 0.25) is 0 Å². The molecular formula is C13H16BrN3O. The predicted octanol–water partition coefficient (Wildman–Crippen LogP) is 2.69. The lowest BCUT2D eigenvalue weighted by Gasteiger charge is -2.33. The number of rotatable bonds is 3. The van der Waals surface area contributed by atoms with Crippen molar-refractivity contribution in [3.8, 4) is 6.07 Å². The summed E-state index contributed by atoms with van der Waals surface area (Å²) in [5.41, 5.74) is -0.160. The molecule has 4 nitrogen and oxygen atoms in total. The first-order valence-electron chi connectivity index (χ1n) is 5.93. The van der Waals surface area contributed by atoms with Crippen LogP contribution in [0.4, 0.5) is 0 Å². The number of nitriles is 1. The Balaban J connectivity index is 2.36. The predicted molar refractivity (Wildman–Crippen MR) is 72.0 cm³/mol. The fourth-order valence-electron chi connectivity index (χ4n) is 2.12. The number of aryl methyl sites for hydroxylation is 1. The molecule has 96 valence electrons. The molecule has 0 atom stereocenters. The van der Waals surface area contributed by atoms with Crippen LogP contribution >= 0.6 is 15.9 Å². The Morgan fingerprint density at radius 1 is 1.61 bits per heavy atom. The highest BCUT2D eigenvalue weighted by Crippen LogP contribution is 2.34. The molecule has 1 aromatic heterocycles. The summed E-state index contributed by atoms with van der Waals surface area (Å²) >= 11 is 3.36. The number of amides is 1. The van der Waals surface area contributed by atoms with Crippen molar-refractivity contribution in [3.05, 3.63) is 22.4 Å². The molecule has 1 aliphatic rings. The molecule has 18 heavy (non-hydrogen) atoms. The summed E-state index contributed by atoms with van der Waals surface area (Å²) in [7, 11) is 1.84. The lowest BCUT2D eigenvalue weighted by atomic mass is 10.0. The molecule has 0 aromatic carbocycles. The zero-order valence-corrected chi connectivity index (χ0v) is 12.4. The monoisotopic (exact) mass is 309 g/mol. The summed E-state index contributed by atoms with van der Waals surface area (Å²) in [5, 5.41) is 9.25. The maximum atomic E-state index is 12.6. The number of halogens is 1. The standard InChI is InChI=1S/C13H16BrN3O/c1-13(2,8-15)17(10-4-5-10)12(18)11-6-9(14)7-16(11)3/h6-7,10H,4-5H2,1-3H3. The molecule has 0 unspecified atom stereocenters. The smallest absolute Gasteiger partial charge is 0.272 e. The molecule has 1 amide bonds. The molecule has 0 saturated heterocycles. The van der Waals surface area contributed by atoms with E-state index in [9.17, 15) is 10.1 Å². The molecule has 0 radical (unpaired) electrons. The maximum Gasteiger partial charge on any atom is 0.272 e. The van der Waals surface area contributed by atoms with Crippen molar-refractivity contribution in [3.63, 3.8) is 0 Å². The molecule has 1 aliphatic carbocycles. The third-order valence-electron chi connectivity index (χ3n) is 3.20. The van der Waals surface area contributed by atoms with Crippen LogP contribution in [-0.4, -0.2) is 27.0 Å². The van der Waals surface area contributed by atoms with E-state index in [1.54, 1.807) is 29.4 Å². The third kappa shape index (κ3) is 2.30. The molecule has 1 fully saturated rings. The van der Waals surface area contributed by atoms with E-state index in [1.165, 1.54) is 0 Å². The lowest BCUT2D eigenvalue weighted by Crippen LogP contribution is -2.48. The fraction of sp³-hybridized carbons (Fsp3) is 0.538. The normalized spacial score (nSPS) is 15.3. The van der Waals surface area contributed by atoms with Crippen LogP contribution in [-0.2, 0) is 7.05 Å². The van der Waals surface area contributed by atoms with Gasteiger partial charge in [-0.3, -0.25) is 4.79 Å². The molecule has 1 aromatic rings. The Morgan fingerprint density at radius 2 is 2.22 bits per heavy atom. The minimum absolute atomic E-state index is 0.0720. The SMILES string of the molecule is Cn1cc(Br)cc1C(=O)N(C1CC1)C(C)(C)C#N. The first-order chi connectivity index (χ1) is 8.36. The van der Waals surface area contributed by atoms with Gasteiger partial charge in [0, 0.05) is 23.8 Å². The van der Waals surface area contributed by atoms with Crippen molar-refractivity contribution in [2.75, 3.05) is 0 Å². The molecule has 5 heteroatoms. The molecule has 0 spiro atoms. The van der Waals surface area contributed by atoms with Gasteiger partial charge in [-0.2, -0.15) is 5.26 Å². The quantitative estimate of drug-likeness (QED) is 0.862. The van der Waals surface area contributed by atoms with Gasteiger partial charge in [0.1, 0.15) is 11.2 Å². The van der Waals surface area contributed by atoms with Crippen LogP contribution in [0.1, 0.15) is 37.2 Å². The number of hydrogen-bond acceptors (Lipinski definition) is 2. The van der Waals surface area contributed by atoms with Crippen LogP contribution in [0.25, 0.3) is 0 Å². The van der Waals surface area contributed by atoms with Crippen molar-refractivity contribution in [1.82, 2.24) is 9.47 Å². The van der Waals surface area contributed by atoms with Crippen molar-refractivity contribution in [2.45, 2.75) is 38.3 Å². The fourth-order valence-corrected chi connectivity index (χ4v) is 2.65. The van der Waals surface area contributed by atoms with Gasteiger partial charge in [-0.25, -0.2) is 0 Å². The van der Waals surface area contributed by atoms with E-state index in [4.69, 9.17) is 0 Å². The van der Waals surface area contributed by atoms with E-state index < -0.39 is 5.54 Å². The number of hydrogen-bond donors (Lipinski definition) is 0. The van der Waals surface area contributed by atoms with E-state index in [1.807, 2.05) is 13.2 Å². The summed E-state index contributed by atoms with van der Waals surface area (Å²) in [6, 6.07) is 4.23. The number of carbonyl (C=O) groups excluding carboxylic acids is 1. The molecule has 0 bridgehead atoms. The highest BCUT2D eigenvalue weighted by molar-refractivity contribution is 9.10. The van der Waals surface area contributed by atoms with Crippen LogP contribution < -0.4 is 0 Å². The average Bonchev–Trinajstić information content (AvgIpc) is 3.04. The molecule has 0 N–H and O–H groups in total. The van der Waals surface area contributed by atoms with E-state index >= 15 is 0 Å². The number of aromatic nitrogens is 1. The Morgan fingerprint density at radius 3 is 2.61 bits per heavy atom. The summed E-state index contributed by atoms with van der Waals surface area (Å²) < 4.78 is 2.66. The first-order valence-corrected chi connectivity index (χ1v) is 6.73. The minimum atomic E-state index is -0.769. The highest BCUT2D eigenvalue weighted by Gasteiger charge is 2.42. The topological polar surface area (TPSA) is 49.0 Å².